The fourth-order valence-corrected chi connectivity index (χ4v) is 3.94. The van der Waals surface area contributed by atoms with E-state index in [0.29, 0.717) is 29.6 Å². The molecule has 0 saturated carbocycles. The van der Waals surface area contributed by atoms with E-state index in [2.05, 4.69) is 20.6 Å². The molecule has 0 spiro atoms. The molecule has 2 N–H and O–H groups in total. The maximum atomic E-state index is 13.2. The molecule has 0 aliphatic rings. The van der Waals surface area contributed by atoms with E-state index in [1.165, 1.54) is 18.0 Å². The van der Waals surface area contributed by atoms with E-state index in [1.54, 1.807) is 24.3 Å². The van der Waals surface area contributed by atoms with Gasteiger partial charge in [0, 0.05) is 17.9 Å². The van der Waals surface area contributed by atoms with Crippen molar-refractivity contribution in [3.63, 3.8) is 0 Å². The summed E-state index contributed by atoms with van der Waals surface area (Å²) in [5, 5.41) is 6.26. The van der Waals surface area contributed by atoms with Gasteiger partial charge in [-0.3, -0.25) is 9.59 Å². The highest BCUT2D eigenvalue weighted by molar-refractivity contribution is 7.99. The highest BCUT2D eigenvalue weighted by atomic mass is 35.5. The van der Waals surface area contributed by atoms with Gasteiger partial charge in [-0.25, -0.2) is 9.97 Å². The van der Waals surface area contributed by atoms with Gasteiger partial charge in [0.25, 0.3) is 5.91 Å². The van der Waals surface area contributed by atoms with Gasteiger partial charge in [0.2, 0.25) is 5.91 Å². The van der Waals surface area contributed by atoms with Crippen LogP contribution in [0.4, 0.5) is 5.69 Å². The van der Waals surface area contributed by atoms with Crippen molar-refractivity contribution in [3.05, 3.63) is 77.1 Å². The number of benzene rings is 2. The number of carbonyl (C=O) groups excluding carboxylic acids is 2. The van der Waals surface area contributed by atoms with Gasteiger partial charge in [-0.1, -0.05) is 60.6 Å². The third-order valence-electron chi connectivity index (χ3n) is 4.71. The lowest BCUT2D eigenvalue weighted by molar-refractivity contribution is -0.118. The van der Waals surface area contributed by atoms with Crippen molar-refractivity contribution in [1.82, 2.24) is 15.3 Å². The van der Waals surface area contributed by atoms with Crippen molar-refractivity contribution in [2.24, 2.45) is 0 Å². The molecular formula is C25H27ClN4O3S. The summed E-state index contributed by atoms with van der Waals surface area (Å²) in [5.41, 5.74) is 1.55. The molecule has 0 saturated heterocycles. The van der Waals surface area contributed by atoms with Crippen LogP contribution >= 0.6 is 23.4 Å². The molecule has 3 rings (SSSR count). The SMILES string of the molecule is CCCSc1ncc(Cl)c(C(=O)NC(Cc2ccccc2)C(=O)Nc2ccc(OCC)cc2)n1. The van der Waals surface area contributed by atoms with Crippen molar-refractivity contribution in [1.29, 1.82) is 0 Å². The van der Waals surface area contributed by atoms with Gasteiger partial charge < -0.3 is 15.4 Å². The minimum Gasteiger partial charge on any atom is -0.494 e. The summed E-state index contributed by atoms with van der Waals surface area (Å²) in [5.74, 6) is 0.648. The van der Waals surface area contributed by atoms with Crippen LogP contribution in [0.25, 0.3) is 0 Å². The molecule has 1 heterocycles. The van der Waals surface area contributed by atoms with Gasteiger partial charge in [-0.2, -0.15) is 0 Å². The summed E-state index contributed by atoms with van der Waals surface area (Å²) < 4.78 is 5.44. The van der Waals surface area contributed by atoms with Crippen LogP contribution < -0.4 is 15.4 Å². The lowest BCUT2D eigenvalue weighted by Crippen LogP contribution is -2.45. The van der Waals surface area contributed by atoms with Gasteiger partial charge in [-0.15, -0.1) is 0 Å². The van der Waals surface area contributed by atoms with E-state index in [1.807, 2.05) is 44.2 Å². The van der Waals surface area contributed by atoms with Crippen LogP contribution in [0.3, 0.4) is 0 Å². The Labute approximate surface area is 208 Å². The summed E-state index contributed by atoms with van der Waals surface area (Å²) in [6.07, 6.45) is 2.66. The van der Waals surface area contributed by atoms with Crippen molar-refractivity contribution in [3.8, 4) is 5.75 Å². The molecule has 1 atom stereocenters. The molecule has 0 aliphatic carbocycles. The van der Waals surface area contributed by atoms with Crippen LogP contribution in [-0.4, -0.2) is 40.2 Å². The zero-order valence-electron chi connectivity index (χ0n) is 19.1. The third kappa shape index (κ3) is 7.46. The Hall–Kier alpha value is -3.10. The fraction of sp³-hybridized carbons (Fsp3) is 0.280. The Balaban J connectivity index is 1.78. The highest BCUT2D eigenvalue weighted by Crippen LogP contribution is 2.20. The first-order valence-electron chi connectivity index (χ1n) is 11.0. The van der Waals surface area contributed by atoms with Crippen LogP contribution in [0.1, 0.15) is 36.3 Å². The van der Waals surface area contributed by atoms with Gasteiger partial charge in [0.1, 0.15) is 11.8 Å². The van der Waals surface area contributed by atoms with Crippen LogP contribution in [0, 0.1) is 0 Å². The Morgan fingerprint density at radius 3 is 2.50 bits per heavy atom. The Morgan fingerprint density at radius 2 is 1.82 bits per heavy atom. The van der Waals surface area contributed by atoms with E-state index in [4.69, 9.17) is 16.3 Å². The van der Waals surface area contributed by atoms with Crippen LogP contribution in [-0.2, 0) is 11.2 Å². The molecule has 0 bridgehead atoms. The topological polar surface area (TPSA) is 93.2 Å². The largest absolute Gasteiger partial charge is 0.494 e. The van der Waals surface area contributed by atoms with Crippen LogP contribution in [0.5, 0.6) is 5.75 Å². The average molecular weight is 499 g/mol. The smallest absolute Gasteiger partial charge is 0.272 e. The second-order valence-corrected chi connectivity index (χ2v) is 8.83. The molecule has 0 radical (unpaired) electrons. The standard InChI is InChI=1S/C25H27ClN4O3S/c1-3-14-34-25-27-16-20(26)22(30-25)24(32)29-21(15-17-8-6-5-7-9-17)23(31)28-18-10-12-19(13-11-18)33-4-2/h5-13,16,21H,3-4,14-15H2,1-2H3,(H,28,31)(H,29,32). The van der Waals surface area contributed by atoms with E-state index >= 15 is 0 Å². The maximum absolute atomic E-state index is 13.2. The van der Waals surface area contributed by atoms with Gasteiger partial charge in [-0.05, 0) is 43.2 Å². The second kappa shape index (κ2) is 13.0. The average Bonchev–Trinajstić information content (AvgIpc) is 2.85. The lowest BCUT2D eigenvalue weighted by Gasteiger charge is -2.19. The fourth-order valence-electron chi connectivity index (χ4n) is 3.09. The number of ether oxygens (including phenoxy) is 1. The number of carbonyl (C=O) groups is 2. The first kappa shape index (κ1) is 25.5. The van der Waals surface area contributed by atoms with E-state index < -0.39 is 11.9 Å². The number of thioether (sulfide) groups is 1. The predicted octanol–water partition coefficient (Wildman–Crippen LogP) is 5.01. The lowest BCUT2D eigenvalue weighted by atomic mass is 10.0. The number of hydrogen-bond acceptors (Lipinski definition) is 6. The molecule has 2 aromatic carbocycles. The summed E-state index contributed by atoms with van der Waals surface area (Å²) in [7, 11) is 0. The van der Waals surface area contributed by atoms with E-state index in [0.717, 1.165) is 17.7 Å². The van der Waals surface area contributed by atoms with Crippen LogP contribution in [0.15, 0.2) is 66.0 Å². The first-order chi connectivity index (χ1) is 16.5. The Bertz CT molecular complexity index is 1100. The maximum Gasteiger partial charge on any atom is 0.272 e. The minimum absolute atomic E-state index is 0.0437. The highest BCUT2D eigenvalue weighted by Gasteiger charge is 2.24. The number of amides is 2. The van der Waals surface area contributed by atoms with Crippen molar-refractivity contribution < 1.29 is 14.3 Å². The first-order valence-corrected chi connectivity index (χ1v) is 12.4. The number of nitrogens with one attached hydrogen (secondary N) is 2. The summed E-state index contributed by atoms with van der Waals surface area (Å²) in [6, 6.07) is 15.7. The van der Waals surface area contributed by atoms with E-state index in [9.17, 15) is 9.59 Å². The van der Waals surface area contributed by atoms with Crippen molar-refractivity contribution >= 4 is 40.9 Å². The number of rotatable bonds is 11. The zero-order valence-corrected chi connectivity index (χ0v) is 20.7. The molecule has 0 aliphatic heterocycles. The van der Waals surface area contributed by atoms with Gasteiger partial charge in [0.15, 0.2) is 10.9 Å². The quantitative estimate of drug-likeness (QED) is 0.285. The summed E-state index contributed by atoms with van der Waals surface area (Å²) in [6.45, 7) is 4.51. The monoisotopic (exact) mass is 498 g/mol. The summed E-state index contributed by atoms with van der Waals surface area (Å²) in [4.78, 5) is 34.7. The molecule has 1 aromatic heterocycles. The number of aromatic nitrogens is 2. The van der Waals surface area contributed by atoms with Crippen molar-refractivity contribution in [2.75, 3.05) is 17.7 Å². The molecule has 9 heteroatoms. The van der Waals surface area contributed by atoms with Gasteiger partial charge >= 0.3 is 0 Å². The Kier molecular flexibility index (Phi) is 9.73. The van der Waals surface area contributed by atoms with Crippen LogP contribution in [0.2, 0.25) is 5.02 Å². The number of anilines is 1. The minimum atomic E-state index is -0.848. The van der Waals surface area contributed by atoms with Crippen molar-refractivity contribution in [2.45, 2.75) is 37.9 Å². The normalized spacial score (nSPS) is 11.5. The molecular weight excluding hydrogens is 472 g/mol. The number of nitrogens with zero attached hydrogens (tertiary/aromatic N) is 2. The number of hydrogen-bond donors (Lipinski definition) is 2. The molecule has 34 heavy (non-hydrogen) atoms. The van der Waals surface area contributed by atoms with Gasteiger partial charge in [0.05, 0.1) is 17.8 Å². The molecule has 178 valence electrons. The molecule has 2 amide bonds. The summed E-state index contributed by atoms with van der Waals surface area (Å²) >= 11 is 7.66. The Morgan fingerprint density at radius 1 is 1.09 bits per heavy atom. The van der Waals surface area contributed by atoms with E-state index in [-0.39, 0.29) is 16.6 Å². The molecule has 1 unspecified atom stereocenters. The molecule has 3 aromatic rings. The number of halogens is 1. The second-order valence-electron chi connectivity index (χ2n) is 7.36. The predicted molar refractivity (Wildman–Crippen MR) is 136 cm³/mol. The molecule has 0 fully saturated rings. The third-order valence-corrected chi connectivity index (χ3v) is 6.05. The molecule has 7 nitrogen and oxygen atoms in total. The zero-order chi connectivity index (χ0) is 24.3.